The van der Waals surface area contributed by atoms with Crippen molar-refractivity contribution >= 4 is 15.7 Å². The molecule has 2 N–H and O–H groups in total. The highest BCUT2D eigenvalue weighted by Gasteiger charge is 2.73. The zero-order valence-corrected chi connectivity index (χ0v) is 25.7. The van der Waals surface area contributed by atoms with Gasteiger partial charge in [0.25, 0.3) is 5.60 Å². The van der Waals surface area contributed by atoms with Crippen molar-refractivity contribution in [1.29, 1.82) is 0 Å². The smallest absolute Gasteiger partial charge is 0.395 e. The van der Waals surface area contributed by atoms with Gasteiger partial charge >= 0.3 is 12.4 Å². The first-order valence-corrected chi connectivity index (χ1v) is 15.5. The molecule has 1 aliphatic rings. The fourth-order valence-corrected chi connectivity index (χ4v) is 7.64. The fraction of sp³-hybridized carbons (Fsp3) is 0.387. The molecule has 4 rings (SSSR count). The van der Waals surface area contributed by atoms with E-state index in [1.165, 1.54) is 6.92 Å². The minimum absolute atomic E-state index is 0.312. The molecule has 0 spiro atoms. The number of likely N-dealkylation sites (tertiary alicyclic amines) is 1. The Morgan fingerprint density at radius 2 is 1.38 bits per heavy atom. The number of alkyl halides is 6. The Morgan fingerprint density at radius 3 is 1.85 bits per heavy atom. The molecule has 0 aromatic heterocycles. The Kier molecular flexibility index (Phi) is 10.0. The topological polar surface area (TPSA) is 104 Å². The van der Waals surface area contributed by atoms with Gasteiger partial charge in [0.05, 0.1) is 30.1 Å². The second kappa shape index (κ2) is 13.0. The van der Waals surface area contributed by atoms with Gasteiger partial charge in [-0.3, -0.25) is 4.79 Å². The molecule has 1 heterocycles. The number of ether oxygens (including phenoxy) is 1. The standard InChI is InChI=1S/C31H28F9NO6S/c1-27(17-42,18-43)26(44)41-14-13-28(16-41,48(45,46)22-11-9-21(32)10-12-22)19-5-7-20(8-6-19)29(30(35,36)37,31(38,39)40)47-15-23-24(33)3-2-4-25(23)34/h2-12,42-43H,13-18H2,1H3/t28-/m0/s1. The van der Waals surface area contributed by atoms with Gasteiger partial charge in [0.2, 0.25) is 5.91 Å². The van der Waals surface area contributed by atoms with Crippen molar-refractivity contribution in [3.05, 3.63) is 101 Å². The van der Waals surface area contributed by atoms with Gasteiger partial charge in [0.15, 0.2) is 9.84 Å². The van der Waals surface area contributed by atoms with Crippen molar-refractivity contribution in [3.8, 4) is 0 Å². The number of benzene rings is 3. The normalized spacial score (nSPS) is 18.0. The molecule has 3 aromatic carbocycles. The van der Waals surface area contributed by atoms with Crippen LogP contribution in [0.4, 0.5) is 39.5 Å². The highest BCUT2D eigenvalue weighted by atomic mass is 32.2. The third kappa shape index (κ3) is 6.16. The van der Waals surface area contributed by atoms with Gasteiger partial charge in [0.1, 0.15) is 22.2 Å². The Labute approximate surface area is 268 Å². The molecule has 1 aliphatic heterocycles. The summed E-state index contributed by atoms with van der Waals surface area (Å²) in [6.45, 7) is -3.35. The van der Waals surface area contributed by atoms with E-state index in [9.17, 15) is 62.9 Å². The largest absolute Gasteiger partial charge is 0.430 e. The summed E-state index contributed by atoms with van der Waals surface area (Å²) in [6.07, 6.45) is -13.0. The van der Waals surface area contributed by atoms with Crippen molar-refractivity contribution in [2.45, 2.75) is 47.5 Å². The lowest BCUT2D eigenvalue weighted by molar-refractivity contribution is -0.392. The van der Waals surface area contributed by atoms with Crippen molar-refractivity contribution in [1.82, 2.24) is 4.90 Å². The summed E-state index contributed by atoms with van der Waals surface area (Å²) < 4.78 is 159. The van der Waals surface area contributed by atoms with Crippen molar-refractivity contribution < 1.29 is 67.7 Å². The molecule has 262 valence electrons. The molecule has 0 saturated carbocycles. The highest BCUT2D eigenvalue weighted by molar-refractivity contribution is 7.92. The third-order valence-electron chi connectivity index (χ3n) is 8.48. The second-order valence-corrected chi connectivity index (χ2v) is 13.8. The summed E-state index contributed by atoms with van der Waals surface area (Å²) in [6, 6.07) is 7.43. The number of aliphatic hydroxyl groups is 2. The maximum atomic E-state index is 14.5. The number of amides is 1. The van der Waals surface area contributed by atoms with Crippen LogP contribution in [0, 0.1) is 22.9 Å². The lowest BCUT2D eigenvalue weighted by Gasteiger charge is -2.38. The molecule has 7 nitrogen and oxygen atoms in total. The molecule has 1 amide bonds. The van der Waals surface area contributed by atoms with E-state index in [0.29, 0.717) is 36.4 Å². The summed E-state index contributed by atoms with van der Waals surface area (Å²) >= 11 is 0. The van der Waals surface area contributed by atoms with Crippen LogP contribution < -0.4 is 0 Å². The monoisotopic (exact) mass is 713 g/mol. The number of rotatable bonds is 10. The van der Waals surface area contributed by atoms with Crippen molar-refractivity contribution in [3.63, 3.8) is 0 Å². The first-order valence-electron chi connectivity index (χ1n) is 14.0. The van der Waals surface area contributed by atoms with E-state index < -0.39 is 110 Å². The maximum Gasteiger partial charge on any atom is 0.430 e. The average Bonchev–Trinajstić information content (AvgIpc) is 3.48. The first-order chi connectivity index (χ1) is 22.2. The number of nitrogens with zero attached hydrogens (tertiary/aromatic N) is 1. The van der Waals surface area contributed by atoms with E-state index in [4.69, 9.17) is 0 Å². The second-order valence-electron chi connectivity index (χ2n) is 11.5. The summed E-state index contributed by atoms with van der Waals surface area (Å²) in [5.74, 6) is -4.63. The summed E-state index contributed by atoms with van der Waals surface area (Å²) in [4.78, 5) is 13.7. The molecule has 0 radical (unpaired) electrons. The number of carbonyl (C=O) groups is 1. The van der Waals surface area contributed by atoms with Crippen LogP contribution in [0.2, 0.25) is 0 Å². The molecule has 1 saturated heterocycles. The van der Waals surface area contributed by atoms with E-state index in [0.717, 1.165) is 35.2 Å². The Balaban J connectivity index is 1.87. The molecule has 0 aliphatic carbocycles. The van der Waals surface area contributed by atoms with Crippen LogP contribution in [0.1, 0.15) is 30.0 Å². The Morgan fingerprint density at radius 1 is 0.854 bits per heavy atom. The molecule has 0 bridgehead atoms. The van der Waals surface area contributed by atoms with Gasteiger partial charge in [-0.25, -0.2) is 21.6 Å². The van der Waals surface area contributed by atoms with E-state index in [-0.39, 0.29) is 12.1 Å². The van der Waals surface area contributed by atoms with Gasteiger partial charge in [-0.15, -0.1) is 0 Å². The average molecular weight is 714 g/mol. The van der Waals surface area contributed by atoms with Crippen molar-refractivity contribution in [2.75, 3.05) is 26.3 Å². The van der Waals surface area contributed by atoms with Gasteiger partial charge < -0.3 is 19.8 Å². The molecule has 17 heteroatoms. The number of aliphatic hydroxyl groups excluding tert-OH is 2. The Hall–Kier alpha value is -3.67. The predicted octanol–water partition coefficient (Wildman–Crippen LogP) is 5.53. The molecule has 1 atom stereocenters. The van der Waals surface area contributed by atoms with Crippen LogP contribution in [0.3, 0.4) is 0 Å². The molecular formula is C31H28F9NO6S. The van der Waals surface area contributed by atoms with E-state index in [1.54, 1.807) is 0 Å². The van der Waals surface area contributed by atoms with Crippen LogP contribution >= 0.6 is 0 Å². The van der Waals surface area contributed by atoms with Gasteiger partial charge in [-0.1, -0.05) is 30.3 Å². The summed E-state index contributed by atoms with van der Waals surface area (Å²) in [5, 5.41) is 19.4. The minimum Gasteiger partial charge on any atom is -0.395 e. The molecular weight excluding hydrogens is 685 g/mol. The highest BCUT2D eigenvalue weighted by Crippen LogP contribution is 2.54. The lowest BCUT2D eigenvalue weighted by Crippen LogP contribution is -2.56. The van der Waals surface area contributed by atoms with Gasteiger partial charge in [-0.2, -0.15) is 26.3 Å². The zero-order valence-electron chi connectivity index (χ0n) is 24.9. The molecule has 3 aromatic rings. The maximum absolute atomic E-state index is 14.5. The predicted molar refractivity (Wildman–Crippen MR) is 150 cm³/mol. The Bertz CT molecular complexity index is 1710. The number of halogens is 9. The third-order valence-corrected chi connectivity index (χ3v) is 11.0. The van der Waals surface area contributed by atoms with E-state index in [2.05, 4.69) is 4.74 Å². The zero-order chi connectivity index (χ0) is 35.9. The SMILES string of the molecule is CC(CO)(CO)C(=O)N1CC[C@](c2ccc(C(OCc3c(F)cccc3F)(C(F)(F)F)C(F)(F)F)cc2)(S(=O)(=O)c2ccc(F)cc2)C1. The van der Waals surface area contributed by atoms with Crippen LogP contribution in [-0.2, 0) is 36.3 Å². The minimum atomic E-state index is -6.26. The summed E-state index contributed by atoms with van der Waals surface area (Å²) in [7, 11) is -4.70. The van der Waals surface area contributed by atoms with Crippen LogP contribution in [0.15, 0.2) is 71.6 Å². The summed E-state index contributed by atoms with van der Waals surface area (Å²) in [5.41, 5.74) is -10.1. The van der Waals surface area contributed by atoms with Crippen molar-refractivity contribution in [2.24, 2.45) is 5.41 Å². The first kappa shape index (κ1) is 37.2. The van der Waals surface area contributed by atoms with Gasteiger partial charge in [-0.05, 0) is 55.3 Å². The molecule has 0 unspecified atom stereocenters. The van der Waals surface area contributed by atoms with Gasteiger partial charge in [0, 0.05) is 24.2 Å². The molecule has 48 heavy (non-hydrogen) atoms. The van der Waals surface area contributed by atoms with E-state index in [1.807, 2.05) is 0 Å². The number of hydrogen-bond acceptors (Lipinski definition) is 6. The lowest BCUT2D eigenvalue weighted by atomic mass is 9.88. The quantitative estimate of drug-likeness (QED) is 0.212. The van der Waals surface area contributed by atoms with Crippen LogP contribution in [-0.4, -0.2) is 68.1 Å². The molecule has 1 fully saturated rings. The van der Waals surface area contributed by atoms with Crippen LogP contribution in [0.25, 0.3) is 0 Å². The number of sulfone groups is 1. The van der Waals surface area contributed by atoms with Crippen LogP contribution in [0.5, 0.6) is 0 Å². The van der Waals surface area contributed by atoms with E-state index >= 15 is 0 Å². The number of carbonyl (C=O) groups excluding carboxylic acids is 1. The fourth-order valence-electron chi connectivity index (χ4n) is 5.57. The number of hydrogen-bond donors (Lipinski definition) is 2.